The Balaban J connectivity index is 0.00000137. The molecule has 1 atom stereocenters. The Bertz CT molecular complexity index is 341. The monoisotopic (exact) mass is 272 g/mol. The number of aryl methyl sites for hydroxylation is 1. The molecule has 0 aliphatic carbocycles. The van der Waals surface area contributed by atoms with E-state index < -0.39 is 11.0 Å². The van der Waals surface area contributed by atoms with E-state index in [1.165, 1.54) is 0 Å². The third kappa shape index (κ3) is 6.71. The van der Waals surface area contributed by atoms with Crippen LogP contribution in [-0.2, 0) is 11.0 Å². The van der Waals surface area contributed by atoms with Crippen molar-refractivity contribution in [3.05, 3.63) is 23.9 Å². The number of hydrogen-bond acceptors (Lipinski definition) is 3. The van der Waals surface area contributed by atoms with Crippen LogP contribution in [0, 0.1) is 6.92 Å². The number of hydrogen-bond donors (Lipinski definition) is 0. The molecule has 0 amide bonds. The zero-order valence-corrected chi connectivity index (χ0v) is 12.8. The summed E-state index contributed by atoms with van der Waals surface area (Å²) in [5, 5.41) is 0. The molecule has 0 aliphatic heterocycles. The maximum absolute atomic E-state index is 11.2. The van der Waals surface area contributed by atoms with Crippen LogP contribution >= 0.6 is 0 Å². The fourth-order valence-electron chi connectivity index (χ4n) is 1.26. The summed E-state index contributed by atoms with van der Waals surface area (Å²) in [5.74, 6) is 0.614. The fraction of sp³-hybridized carbons (Fsp3) is 0.615. The minimum absolute atomic E-state index is 0.503. The van der Waals surface area contributed by atoms with Gasteiger partial charge in [0.1, 0.15) is 6.61 Å². The first-order chi connectivity index (χ1) is 8.63. The molecule has 1 heterocycles. The molecule has 0 fully saturated rings. The molecule has 1 rings (SSSR count). The smallest absolute Gasteiger partial charge is 0.213 e. The fourth-order valence-corrected chi connectivity index (χ4v) is 1.96. The molecule has 4 nitrogen and oxygen atoms in total. The van der Waals surface area contributed by atoms with Gasteiger partial charge in [0, 0.05) is 31.6 Å². The third-order valence-electron chi connectivity index (χ3n) is 2.19. The molecule has 1 unspecified atom stereocenters. The Kier molecular flexibility index (Phi) is 9.50. The molecule has 0 aromatic carbocycles. The van der Waals surface area contributed by atoms with E-state index >= 15 is 0 Å². The van der Waals surface area contributed by atoms with Gasteiger partial charge in [0.15, 0.2) is 0 Å². The van der Waals surface area contributed by atoms with Gasteiger partial charge in [-0.1, -0.05) is 26.8 Å². The molecule has 0 saturated carbocycles. The highest BCUT2D eigenvalue weighted by molar-refractivity contribution is 7.81. The van der Waals surface area contributed by atoms with E-state index in [0.717, 1.165) is 12.1 Å². The normalized spacial score (nSPS) is 11.7. The van der Waals surface area contributed by atoms with Gasteiger partial charge in [-0.25, -0.2) is 13.5 Å². The number of pyridine rings is 1. The average molecular weight is 272 g/mol. The minimum Gasteiger partial charge on any atom is -0.476 e. The van der Waals surface area contributed by atoms with Crippen LogP contribution in [0.1, 0.15) is 26.3 Å². The van der Waals surface area contributed by atoms with Crippen LogP contribution in [0.2, 0.25) is 0 Å². The highest BCUT2D eigenvalue weighted by atomic mass is 32.2. The lowest BCUT2D eigenvalue weighted by Gasteiger charge is -2.16. The molecule has 0 N–H and O–H groups in total. The van der Waals surface area contributed by atoms with Crippen LogP contribution < -0.4 is 4.74 Å². The minimum atomic E-state index is -0.932. The van der Waals surface area contributed by atoms with Gasteiger partial charge >= 0.3 is 0 Å². The quantitative estimate of drug-likeness (QED) is 0.798. The van der Waals surface area contributed by atoms with Crippen molar-refractivity contribution >= 4 is 11.0 Å². The summed E-state index contributed by atoms with van der Waals surface area (Å²) >= 11 is 0. The molecule has 0 spiro atoms. The van der Waals surface area contributed by atoms with E-state index in [1.807, 2.05) is 44.1 Å². The van der Waals surface area contributed by atoms with Crippen LogP contribution in [0.25, 0.3) is 0 Å². The van der Waals surface area contributed by atoms with Crippen molar-refractivity contribution in [3.63, 3.8) is 0 Å². The van der Waals surface area contributed by atoms with Crippen molar-refractivity contribution < 1.29 is 8.95 Å². The van der Waals surface area contributed by atoms with Crippen LogP contribution in [0.5, 0.6) is 5.88 Å². The Morgan fingerprint density at radius 1 is 1.39 bits per heavy atom. The van der Waals surface area contributed by atoms with Crippen molar-refractivity contribution in [2.45, 2.75) is 27.7 Å². The van der Waals surface area contributed by atoms with Gasteiger partial charge in [-0.3, -0.25) is 0 Å². The highest BCUT2D eigenvalue weighted by Crippen LogP contribution is 2.06. The van der Waals surface area contributed by atoms with E-state index in [-0.39, 0.29) is 0 Å². The molecule has 0 aliphatic rings. The lowest BCUT2D eigenvalue weighted by Crippen LogP contribution is -2.29. The summed E-state index contributed by atoms with van der Waals surface area (Å²) in [6.45, 7) is 9.87. The lowest BCUT2D eigenvalue weighted by molar-refractivity contribution is 0.272. The first kappa shape index (κ1) is 17.1. The Morgan fingerprint density at radius 2 is 2.06 bits per heavy atom. The molecule has 5 heteroatoms. The Hall–Kier alpha value is -0.940. The van der Waals surface area contributed by atoms with E-state index in [1.54, 1.807) is 12.5 Å². The van der Waals surface area contributed by atoms with Crippen LogP contribution in [-0.4, -0.2) is 39.5 Å². The van der Waals surface area contributed by atoms with E-state index in [9.17, 15) is 4.21 Å². The largest absolute Gasteiger partial charge is 0.476 e. The number of aromatic nitrogens is 1. The maximum atomic E-state index is 11.2. The Morgan fingerprint density at radius 3 is 2.50 bits per heavy atom. The lowest BCUT2D eigenvalue weighted by atomic mass is 10.3. The third-order valence-corrected chi connectivity index (χ3v) is 3.36. The molecule has 1 aromatic rings. The second-order valence-electron chi connectivity index (χ2n) is 3.47. The predicted molar refractivity (Wildman–Crippen MR) is 77.1 cm³/mol. The molecule has 1 aromatic heterocycles. The first-order valence-electron chi connectivity index (χ1n) is 6.27. The maximum Gasteiger partial charge on any atom is 0.213 e. The van der Waals surface area contributed by atoms with Crippen molar-refractivity contribution in [3.8, 4) is 5.88 Å². The highest BCUT2D eigenvalue weighted by Gasteiger charge is 2.05. The van der Waals surface area contributed by atoms with Gasteiger partial charge < -0.3 is 4.74 Å². The number of likely N-dealkylation sites (N-methyl/N-ethyl adjacent to an activating group) is 1. The topological polar surface area (TPSA) is 42.4 Å². The summed E-state index contributed by atoms with van der Waals surface area (Å²) in [7, 11) is -0.932. The zero-order chi connectivity index (χ0) is 14.0. The SMILES string of the molecule is CC.CCN(CCOc1ccc(C)cn1)S(C)=O. The van der Waals surface area contributed by atoms with Gasteiger partial charge in [0.05, 0.1) is 11.0 Å². The Labute approximate surface area is 113 Å². The van der Waals surface area contributed by atoms with Crippen molar-refractivity contribution in [2.75, 3.05) is 26.0 Å². The molecule has 0 bridgehead atoms. The van der Waals surface area contributed by atoms with E-state index in [4.69, 9.17) is 4.74 Å². The van der Waals surface area contributed by atoms with Gasteiger partial charge in [0.25, 0.3) is 0 Å². The number of rotatable bonds is 6. The zero-order valence-electron chi connectivity index (χ0n) is 12.0. The van der Waals surface area contributed by atoms with Gasteiger partial charge in [-0.05, 0) is 12.5 Å². The van der Waals surface area contributed by atoms with Crippen LogP contribution in [0.3, 0.4) is 0 Å². The van der Waals surface area contributed by atoms with Gasteiger partial charge in [-0.15, -0.1) is 0 Å². The molecular weight excluding hydrogens is 248 g/mol. The molecule has 0 saturated heterocycles. The van der Waals surface area contributed by atoms with Crippen LogP contribution in [0.4, 0.5) is 0 Å². The number of ether oxygens (including phenoxy) is 1. The van der Waals surface area contributed by atoms with E-state index in [0.29, 0.717) is 19.0 Å². The van der Waals surface area contributed by atoms with E-state index in [2.05, 4.69) is 4.98 Å². The molecule has 104 valence electrons. The summed E-state index contributed by atoms with van der Waals surface area (Å²) in [6, 6.07) is 3.80. The first-order valence-corrected chi connectivity index (χ1v) is 7.79. The van der Waals surface area contributed by atoms with Crippen molar-refractivity contribution in [1.29, 1.82) is 0 Å². The predicted octanol–water partition coefficient (Wildman–Crippen LogP) is 2.41. The van der Waals surface area contributed by atoms with Crippen molar-refractivity contribution in [2.24, 2.45) is 0 Å². The molecular formula is C13H24N2O2S. The second-order valence-corrected chi connectivity index (χ2v) is 4.83. The van der Waals surface area contributed by atoms with Crippen molar-refractivity contribution in [1.82, 2.24) is 9.29 Å². The summed E-state index contributed by atoms with van der Waals surface area (Å²) in [5.41, 5.74) is 1.11. The summed E-state index contributed by atoms with van der Waals surface area (Å²) < 4.78 is 18.5. The summed E-state index contributed by atoms with van der Waals surface area (Å²) in [6.07, 6.45) is 3.44. The molecule has 0 radical (unpaired) electrons. The van der Waals surface area contributed by atoms with Gasteiger partial charge in [0.2, 0.25) is 5.88 Å². The standard InChI is InChI=1S/C11H18N2O2S.C2H6/c1-4-13(16(3)14)7-8-15-11-6-5-10(2)9-12-11;1-2/h5-6,9H,4,7-8H2,1-3H3;1-2H3. The second kappa shape index (κ2) is 10.0. The summed E-state index contributed by atoms with van der Waals surface area (Å²) in [4.78, 5) is 4.13. The number of nitrogens with zero attached hydrogens (tertiary/aromatic N) is 2. The average Bonchev–Trinajstić information content (AvgIpc) is 2.39. The van der Waals surface area contributed by atoms with Gasteiger partial charge in [-0.2, -0.15) is 0 Å². The molecule has 18 heavy (non-hydrogen) atoms. The van der Waals surface area contributed by atoms with Crippen LogP contribution in [0.15, 0.2) is 18.3 Å².